The van der Waals surface area contributed by atoms with Crippen molar-refractivity contribution in [3.05, 3.63) is 91.0 Å². The van der Waals surface area contributed by atoms with Gasteiger partial charge in [-0.25, -0.2) is 0 Å². The first kappa shape index (κ1) is 37.4. The topological polar surface area (TPSA) is 127 Å². The average molecular weight is 713 g/mol. The van der Waals surface area contributed by atoms with Crippen molar-refractivity contribution in [2.45, 2.75) is 66.5 Å². The quantitative estimate of drug-likeness (QED) is 0.149. The number of imide groups is 2. The Morgan fingerprint density at radius 2 is 1.06 bits per heavy atom. The molecule has 0 radical (unpaired) electrons. The zero-order valence-corrected chi connectivity index (χ0v) is 31.2. The molecular formula is C40H45N2O8P. The van der Waals surface area contributed by atoms with Crippen LogP contribution in [0.3, 0.4) is 0 Å². The van der Waals surface area contributed by atoms with Crippen LogP contribution in [0, 0.1) is 17.3 Å². The van der Waals surface area contributed by atoms with Crippen molar-refractivity contribution in [1.82, 2.24) is 9.80 Å². The SMILES string of the molecule is CCOC(=O)[C@@H]1C(=O)N(C(C)(C)C)C(=O)C1[C@]1(C(=O)OCC)C(=O)N(C(C)(C)C)C(=O)C1=P(c1ccccc1)(c1ccccc1)c1ccccc1. The second kappa shape index (κ2) is 13.7. The first-order chi connectivity index (χ1) is 24.0. The van der Waals surface area contributed by atoms with E-state index in [1.54, 1.807) is 91.8 Å². The van der Waals surface area contributed by atoms with Gasteiger partial charge in [-0.05, 0) is 78.2 Å². The highest BCUT2D eigenvalue weighted by Crippen LogP contribution is 2.59. The predicted octanol–water partition coefficient (Wildman–Crippen LogP) is 3.83. The lowest BCUT2D eigenvalue weighted by Crippen LogP contribution is -2.58. The molecule has 2 fully saturated rings. The molecule has 11 heteroatoms. The van der Waals surface area contributed by atoms with Crippen molar-refractivity contribution in [1.29, 1.82) is 0 Å². The molecule has 3 aromatic rings. The van der Waals surface area contributed by atoms with Gasteiger partial charge in [0, 0.05) is 11.1 Å². The molecule has 2 aliphatic rings. The number of amides is 4. The summed E-state index contributed by atoms with van der Waals surface area (Å²) >= 11 is 0. The number of hydrogen-bond donors (Lipinski definition) is 0. The first-order valence-electron chi connectivity index (χ1n) is 17.1. The molecule has 0 bridgehead atoms. The minimum Gasteiger partial charge on any atom is -0.465 e. The van der Waals surface area contributed by atoms with Gasteiger partial charge in [0.15, 0.2) is 5.41 Å². The molecule has 0 saturated carbocycles. The fourth-order valence-corrected chi connectivity index (χ4v) is 12.3. The third kappa shape index (κ3) is 5.74. The number of esters is 2. The summed E-state index contributed by atoms with van der Waals surface area (Å²) in [6.07, 6.45) is 0. The van der Waals surface area contributed by atoms with Crippen LogP contribution in [0.2, 0.25) is 0 Å². The highest BCUT2D eigenvalue weighted by atomic mass is 31.2. The van der Waals surface area contributed by atoms with Crippen LogP contribution in [-0.4, -0.2) is 75.0 Å². The molecule has 0 aromatic heterocycles. The molecule has 0 spiro atoms. The predicted molar refractivity (Wildman–Crippen MR) is 196 cm³/mol. The second-order valence-corrected chi connectivity index (χ2v) is 17.9. The van der Waals surface area contributed by atoms with Crippen LogP contribution in [0.4, 0.5) is 0 Å². The number of hydrogen-bond acceptors (Lipinski definition) is 8. The molecule has 4 amide bonds. The van der Waals surface area contributed by atoms with Gasteiger partial charge >= 0.3 is 11.9 Å². The molecule has 5 rings (SSSR count). The molecule has 0 aliphatic carbocycles. The maximum atomic E-state index is 15.6. The van der Waals surface area contributed by atoms with E-state index in [0.29, 0.717) is 15.9 Å². The van der Waals surface area contributed by atoms with Gasteiger partial charge in [-0.15, -0.1) is 0 Å². The Bertz CT molecular complexity index is 1830. The van der Waals surface area contributed by atoms with Crippen LogP contribution >= 0.6 is 6.89 Å². The Morgan fingerprint density at radius 1 is 0.647 bits per heavy atom. The van der Waals surface area contributed by atoms with Gasteiger partial charge in [0.05, 0.1) is 24.4 Å². The van der Waals surface area contributed by atoms with Crippen LogP contribution in [0.5, 0.6) is 0 Å². The maximum absolute atomic E-state index is 15.6. The lowest BCUT2D eigenvalue weighted by atomic mass is 9.68. The smallest absolute Gasteiger partial charge is 0.327 e. The zero-order chi connectivity index (χ0) is 37.5. The summed E-state index contributed by atoms with van der Waals surface area (Å²) < 4.78 is 11.2. The van der Waals surface area contributed by atoms with E-state index in [4.69, 9.17) is 9.47 Å². The number of ether oxygens (including phenoxy) is 2. The molecule has 0 N–H and O–H groups in total. The van der Waals surface area contributed by atoms with Gasteiger partial charge in [0.1, 0.15) is 5.92 Å². The van der Waals surface area contributed by atoms with Crippen molar-refractivity contribution < 1.29 is 38.2 Å². The number of carbonyl (C=O) groups is 6. The van der Waals surface area contributed by atoms with Crippen LogP contribution in [-0.2, 0) is 38.2 Å². The largest absolute Gasteiger partial charge is 0.465 e. The number of rotatable bonds is 8. The van der Waals surface area contributed by atoms with Crippen LogP contribution in [0.15, 0.2) is 91.0 Å². The van der Waals surface area contributed by atoms with Crippen molar-refractivity contribution in [2.75, 3.05) is 13.2 Å². The minimum atomic E-state index is -3.66. The molecule has 3 atom stereocenters. The van der Waals surface area contributed by atoms with E-state index in [-0.39, 0.29) is 18.5 Å². The van der Waals surface area contributed by atoms with Gasteiger partial charge in [0.2, 0.25) is 11.8 Å². The van der Waals surface area contributed by atoms with E-state index >= 15 is 19.2 Å². The van der Waals surface area contributed by atoms with Gasteiger partial charge in [-0.1, -0.05) is 91.0 Å². The lowest BCUT2D eigenvalue weighted by molar-refractivity contribution is -0.168. The molecule has 268 valence electrons. The van der Waals surface area contributed by atoms with Crippen LogP contribution in [0.25, 0.3) is 0 Å². The highest BCUT2D eigenvalue weighted by Gasteiger charge is 2.76. The third-order valence-corrected chi connectivity index (χ3v) is 13.8. The second-order valence-electron chi connectivity index (χ2n) is 14.6. The van der Waals surface area contributed by atoms with E-state index in [1.165, 1.54) is 0 Å². The van der Waals surface area contributed by atoms with E-state index in [2.05, 4.69) is 0 Å². The summed E-state index contributed by atoms with van der Waals surface area (Å²) in [6, 6.07) is 27.3. The lowest BCUT2D eigenvalue weighted by Gasteiger charge is -2.39. The third-order valence-electron chi connectivity index (χ3n) is 9.34. The maximum Gasteiger partial charge on any atom is 0.327 e. The van der Waals surface area contributed by atoms with Gasteiger partial charge < -0.3 is 9.47 Å². The van der Waals surface area contributed by atoms with Crippen molar-refractivity contribution in [3.8, 4) is 0 Å². The highest BCUT2D eigenvalue weighted by molar-refractivity contribution is 7.96. The fourth-order valence-electron chi connectivity index (χ4n) is 7.52. The van der Waals surface area contributed by atoms with Gasteiger partial charge in [0.25, 0.3) is 11.8 Å². The Morgan fingerprint density at radius 3 is 1.43 bits per heavy atom. The van der Waals surface area contributed by atoms with E-state index in [0.717, 1.165) is 9.80 Å². The average Bonchev–Trinajstić information content (AvgIpc) is 3.49. The van der Waals surface area contributed by atoms with Crippen molar-refractivity contribution >= 4 is 63.7 Å². The standard InChI is InChI=1S/C40H45N2O8P/c1-9-49-35(46)29-30(33(44)41(32(29)43)38(3,4)5)40(37(48)50-10-2)31(34(45)42(36(40)47)39(6,7)8)51(26-20-14-11-15-21-26,27-22-16-12-17-23-27)28-24-18-13-19-25-28/h11-25,29-30H,9-10H2,1-8H3/t29-,30?,40+/m0/s1. The van der Waals surface area contributed by atoms with Gasteiger partial charge in [-0.3, -0.25) is 38.6 Å². The molecular weight excluding hydrogens is 667 g/mol. The van der Waals surface area contributed by atoms with E-state index in [9.17, 15) is 9.59 Å². The van der Waals surface area contributed by atoms with Crippen molar-refractivity contribution in [3.63, 3.8) is 0 Å². The van der Waals surface area contributed by atoms with Crippen LogP contribution in [0.1, 0.15) is 55.4 Å². The van der Waals surface area contributed by atoms with Crippen LogP contribution < -0.4 is 15.9 Å². The van der Waals surface area contributed by atoms with E-state index < -0.39 is 70.8 Å². The molecule has 2 aliphatic heterocycles. The number of nitrogens with zero attached hydrogens (tertiary/aromatic N) is 2. The first-order valence-corrected chi connectivity index (χ1v) is 18.9. The summed E-state index contributed by atoms with van der Waals surface area (Å²) in [5.74, 6) is -9.88. The monoisotopic (exact) mass is 712 g/mol. The summed E-state index contributed by atoms with van der Waals surface area (Å²) in [7, 11) is 0. The normalized spacial score (nSPS) is 21.4. The summed E-state index contributed by atoms with van der Waals surface area (Å²) in [5, 5.41) is 1.63. The molecule has 2 heterocycles. The Labute approximate surface area is 299 Å². The summed E-state index contributed by atoms with van der Waals surface area (Å²) in [6.45, 7) is 8.89. The summed E-state index contributed by atoms with van der Waals surface area (Å²) in [5.41, 5.74) is -5.16. The Balaban J connectivity index is 2.18. The van der Waals surface area contributed by atoms with Crippen molar-refractivity contribution in [2.24, 2.45) is 17.3 Å². The minimum absolute atomic E-state index is 0.141. The molecule has 51 heavy (non-hydrogen) atoms. The molecule has 10 nitrogen and oxygen atoms in total. The molecule has 1 unspecified atom stereocenters. The number of likely N-dealkylation sites (tertiary alicyclic amines) is 2. The Hall–Kier alpha value is -4.82. The fraction of sp³-hybridized carbons (Fsp3) is 0.375. The molecule has 2 saturated heterocycles. The number of carbonyl (C=O) groups excluding carboxylic acids is 6. The van der Waals surface area contributed by atoms with Gasteiger partial charge in [-0.2, -0.15) is 0 Å². The molecule has 3 aromatic carbocycles. The summed E-state index contributed by atoms with van der Waals surface area (Å²) in [4.78, 5) is 91.9. The Kier molecular flexibility index (Phi) is 10.1. The van der Waals surface area contributed by atoms with E-state index in [1.807, 2.05) is 54.6 Å². The zero-order valence-electron chi connectivity index (χ0n) is 30.3. The number of benzene rings is 3.